The lowest BCUT2D eigenvalue weighted by Crippen LogP contribution is -2.31. The van der Waals surface area contributed by atoms with E-state index >= 15 is 0 Å². The zero-order valence-electron chi connectivity index (χ0n) is 24.2. The lowest BCUT2D eigenvalue weighted by Gasteiger charge is -2.13. The molecule has 3 N–H and O–H groups in total. The van der Waals surface area contributed by atoms with E-state index < -0.39 is 5.97 Å². The van der Waals surface area contributed by atoms with Crippen LogP contribution < -0.4 is 10.6 Å². The summed E-state index contributed by atoms with van der Waals surface area (Å²) in [6.07, 6.45) is 19.3. The van der Waals surface area contributed by atoms with Crippen molar-refractivity contribution in [3.05, 3.63) is 35.4 Å². The molecule has 0 bridgehead atoms. The molecule has 0 aliphatic rings. The number of aliphatic carboxylic acids is 1. The summed E-state index contributed by atoms with van der Waals surface area (Å²) in [5.41, 5.74) is 1.87. The fourth-order valence-electron chi connectivity index (χ4n) is 4.63. The summed E-state index contributed by atoms with van der Waals surface area (Å²) in [6, 6.07) is 7.75. The zero-order valence-corrected chi connectivity index (χ0v) is 24.2. The van der Waals surface area contributed by atoms with Crippen LogP contribution >= 0.6 is 0 Å². The van der Waals surface area contributed by atoms with Crippen molar-refractivity contribution in [3.63, 3.8) is 0 Å². The highest BCUT2D eigenvalue weighted by Crippen LogP contribution is 2.14. The van der Waals surface area contributed by atoms with Crippen LogP contribution in [0.4, 0.5) is 0 Å². The quantitative estimate of drug-likeness (QED) is 0.121. The molecule has 1 aromatic carbocycles. The number of rotatable bonds is 24. The second-order valence-corrected chi connectivity index (χ2v) is 10.9. The van der Waals surface area contributed by atoms with E-state index in [-0.39, 0.29) is 11.8 Å². The first-order chi connectivity index (χ1) is 18.4. The first kappa shape index (κ1) is 33.7. The number of carboxylic acid groups (broad SMARTS) is 1. The van der Waals surface area contributed by atoms with Gasteiger partial charge in [0.05, 0.1) is 0 Å². The van der Waals surface area contributed by atoms with Gasteiger partial charge in [0, 0.05) is 31.5 Å². The number of carbonyl (C=O) groups excluding carboxylic acids is 2. The van der Waals surface area contributed by atoms with Crippen LogP contribution in [-0.4, -0.2) is 36.0 Å². The second-order valence-electron chi connectivity index (χ2n) is 10.9. The van der Waals surface area contributed by atoms with Gasteiger partial charge in [-0.15, -0.1) is 0 Å². The standard InChI is InChI=1S/C32H54N2O4/c1-3-28-19-18-20-29(25-28)32(38)34-26-27(2)23-24-33-30(35)21-16-14-12-10-8-6-4-5-7-9-11-13-15-17-22-31(36)37/h18-20,25,27H,3-17,21-24,26H2,1-2H3,(H,33,35)(H,34,38)(H,36,37). The summed E-state index contributed by atoms with van der Waals surface area (Å²) in [7, 11) is 0. The highest BCUT2D eigenvalue weighted by atomic mass is 16.4. The lowest BCUT2D eigenvalue weighted by molar-refractivity contribution is -0.137. The summed E-state index contributed by atoms with van der Waals surface area (Å²) in [5, 5.41) is 14.7. The number of benzene rings is 1. The van der Waals surface area contributed by atoms with Crippen LogP contribution in [0.15, 0.2) is 24.3 Å². The first-order valence-electron chi connectivity index (χ1n) is 15.3. The zero-order chi connectivity index (χ0) is 27.8. The maximum Gasteiger partial charge on any atom is 0.303 e. The molecular weight excluding hydrogens is 476 g/mol. The van der Waals surface area contributed by atoms with Crippen LogP contribution in [0.2, 0.25) is 0 Å². The lowest BCUT2D eigenvalue weighted by atomic mass is 10.0. The van der Waals surface area contributed by atoms with Crippen molar-refractivity contribution in [1.82, 2.24) is 10.6 Å². The molecule has 1 rings (SSSR count). The van der Waals surface area contributed by atoms with Crippen molar-refractivity contribution in [1.29, 1.82) is 0 Å². The number of carboxylic acids is 1. The molecule has 38 heavy (non-hydrogen) atoms. The van der Waals surface area contributed by atoms with Crippen molar-refractivity contribution in [2.24, 2.45) is 5.92 Å². The van der Waals surface area contributed by atoms with Crippen LogP contribution in [0, 0.1) is 5.92 Å². The summed E-state index contributed by atoms with van der Waals surface area (Å²) < 4.78 is 0. The van der Waals surface area contributed by atoms with Gasteiger partial charge < -0.3 is 15.7 Å². The summed E-state index contributed by atoms with van der Waals surface area (Å²) in [5.74, 6) is -0.264. The first-order valence-corrected chi connectivity index (χ1v) is 15.3. The highest BCUT2D eigenvalue weighted by molar-refractivity contribution is 5.94. The molecule has 0 fully saturated rings. The third-order valence-corrected chi connectivity index (χ3v) is 7.21. The molecule has 216 valence electrons. The summed E-state index contributed by atoms with van der Waals surface area (Å²) >= 11 is 0. The fourth-order valence-corrected chi connectivity index (χ4v) is 4.63. The van der Waals surface area contributed by atoms with Crippen molar-refractivity contribution < 1.29 is 19.5 Å². The molecule has 0 aromatic heterocycles. The average molecular weight is 531 g/mol. The van der Waals surface area contributed by atoms with E-state index in [1.54, 1.807) is 0 Å². The van der Waals surface area contributed by atoms with Crippen molar-refractivity contribution >= 4 is 17.8 Å². The Morgan fingerprint density at radius 2 is 1.29 bits per heavy atom. The van der Waals surface area contributed by atoms with Gasteiger partial charge in [0.15, 0.2) is 0 Å². The summed E-state index contributed by atoms with van der Waals surface area (Å²) in [6.45, 7) is 5.45. The summed E-state index contributed by atoms with van der Waals surface area (Å²) in [4.78, 5) is 34.9. The molecule has 0 heterocycles. The van der Waals surface area contributed by atoms with Crippen molar-refractivity contribution in [3.8, 4) is 0 Å². The Morgan fingerprint density at radius 1 is 0.763 bits per heavy atom. The molecule has 1 unspecified atom stereocenters. The second kappa shape index (κ2) is 22.6. The number of nitrogens with one attached hydrogen (secondary N) is 2. The number of amides is 2. The Kier molecular flexibility index (Phi) is 20.0. The van der Waals surface area contributed by atoms with Crippen LogP contribution in [0.1, 0.15) is 139 Å². The van der Waals surface area contributed by atoms with E-state index in [1.807, 2.05) is 24.3 Å². The predicted molar refractivity (Wildman–Crippen MR) is 156 cm³/mol. The van der Waals surface area contributed by atoms with E-state index in [1.165, 1.54) is 64.2 Å². The fraction of sp³-hybridized carbons (Fsp3) is 0.719. The average Bonchev–Trinajstić information content (AvgIpc) is 2.91. The molecule has 6 nitrogen and oxygen atoms in total. The van der Waals surface area contributed by atoms with Gasteiger partial charge in [-0.2, -0.15) is 0 Å². The Balaban J connectivity index is 1.88. The minimum Gasteiger partial charge on any atom is -0.481 e. The third kappa shape index (κ3) is 18.8. The Hall–Kier alpha value is -2.37. The maximum atomic E-state index is 12.3. The molecule has 0 saturated carbocycles. The smallest absolute Gasteiger partial charge is 0.303 e. The Bertz CT molecular complexity index is 780. The topological polar surface area (TPSA) is 95.5 Å². The Morgan fingerprint density at radius 3 is 1.82 bits per heavy atom. The van der Waals surface area contributed by atoms with Crippen molar-refractivity contribution in [2.45, 2.75) is 129 Å². The van der Waals surface area contributed by atoms with Gasteiger partial charge >= 0.3 is 5.97 Å². The molecule has 1 atom stereocenters. The molecule has 0 aliphatic carbocycles. The minimum atomic E-state index is -0.679. The van der Waals surface area contributed by atoms with Crippen LogP contribution in [-0.2, 0) is 16.0 Å². The molecule has 0 aliphatic heterocycles. The van der Waals surface area contributed by atoms with E-state index in [9.17, 15) is 14.4 Å². The van der Waals surface area contributed by atoms with Gasteiger partial charge in [0.2, 0.25) is 5.91 Å². The van der Waals surface area contributed by atoms with Gasteiger partial charge in [-0.25, -0.2) is 0 Å². The molecule has 2 amide bonds. The SMILES string of the molecule is CCc1cccc(C(=O)NCC(C)CCNC(=O)CCCCCCCCCCCCCCCCC(=O)O)c1. The van der Waals surface area contributed by atoms with Crippen LogP contribution in [0.5, 0.6) is 0 Å². The molecule has 0 spiro atoms. The molecule has 0 radical (unpaired) electrons. The number of hydrogen-bond acceptors (Lipinski definition) is 3. The normalized spacial score (nSPS) is 11.7. The van der Waals surface area contributed by atoms with Crippen molar-refractivity contribution in [2.75, 3.05) is 13.1 Å². The monoisotopic (exact) mass is 530 g/mol. The molecule has 6 heteroatoms. The van der Waals surface area contributed by atoms with Gasteiger partial charge in [-0.1, -0.05) is 103 Å². The largest absolute Gasteiger partial charge is 0.481 e. The highest BCUT2D eigenvalue weighted by Gasteiger charge is 2.09. The Labute approximate surface area is 231 Å². The number of carbonyl (C=O) groups is 3. The molecule has 0 saturated heterocycles. The predicted octanol–water partition coefficient (Wildman–Crippen LogP) is 7.45. The maximum absolute atomic E-state index is 12.3. The van der Waals surface area contributed by atoms with Crippen LogP contribution in [0.3, 0.4) is 0 Å². The van der Waals surface area contributed by atoms with E-state index in [2.05, 4.69) is 24.5 Å². The van der Waals surface area contributed by atoms with Crippen LogP contribution in [0.25, 0.3) is 0 Å². The van der Waals surface area contributed by atoms with Gasteiger partial charge in [-0.05, 0) is 49.3 Å². The molecule has 1 aromatic rings. The number of aryl methyl sites for hydroxylation is 1. The minimum absolute atomic E-state index is 0.0329. The third-order valence-electron chi connectivity index (χ3n) is 7.21. The van der Waals surface area contributed by atoms with Gasteiger partial charge in [-0.3, -0.25) is 14.4 Å². The van der Waals surface area contributed by atoms with Gasteiger partial charge in [0.1, 0.15) is 0 Å². The van der Waals surface area contributed by atoms with Gasteiger partial charge in [0.25, 0.3) is 5.91 Å². The number of unbranched alkanes of at least 4 members (excludes halogenated alkanes) is 13. The number of hydrogen-bond donors (Lipinski definition) is 3. The van der Waals surface area contributed by atoms with E-state index in [0.29, 0.717) is 37.4 Å². The van der Waals surface area contributed by atoms with E-state index in [4.69, 9.17) is 5.11 Å². The molecular formula is C32H54N2O4. The van der Waals surface area contributed by atoms with E-state index in [0.717, 1.165) is 44.1 Å².